The first-order valence-corrected chi connectivity index (χ1v) is 13.7. The van der Waals surface area contributed by atoms with Gasteiger partial charge in [-0.15, -0.1) is 0 Å². The Bertz CT molecular complexity index is 1370. The van der Waals surface area contributed by atoms with E-state index in [1.165, 1.54) is 19.2 Å². The Hall–Kier alpha value is -3.35. The predicted molar refractivity (Wildman–Crippen MR) is 134 cm³/mol. The Labute approximate surface area is 213 Å². The first kappa shape index (κ1) is 24.3. The smallest absolute Gasteiger partial charge is 0.266 e. The number of methoxy groups -OCH3 is 1. The number of ether oxygens (including phenoxy) is 3. The number of aryl methyl sites for hydroxylation is 1. The number of amides is 1. The third-order valence-electron chi connectivity index (χ3n) is 6.08. The van der Waals surface area contributed by atoms with Crippen molar-refractivity contribution in [2.24, 2.45) is 0 Å². The molecule has 0 bridgehead atoms. The van der Waals surface area contributed by atoms with Crippen LogP contribution < -0.4 is 18.9 Å². The van der Waals surface area contributed by atoms with Gasteiger partial charge in [-0.05, 0) is 48.9 Å². The summed E-state index contributed by atoms with van der Waals surface area (Å²) in [7, 11) is -2.33. The second kappa shape index (κ2) is 9.96. The maximum atomic E-state index is 13.2. The van der Waals surface area contributed by atoms with E-state index in [1.54, 1.807) is 24.0 Å². The average molecular weight is 531 g/mol. The Morgan fingerprint density at radius 3 is 2.53 bits per heavy atom. The van der Waals surface area contributed by atoms with Crippen LogP contribution in [0.25, 0.3) is 0 Å². The minimum atomic E-state index is -3.84. The summed E-state index contributed by atoms with van der Waals surface area (Å²) < 4.78 is 43.9. The molecule has 0 unspecified atom stereocenters. The summed E-state index contributed by atoms with van der Waals surface area (Å²) in [6, 6.07) is 12.0. The summed E-state index contributed by atoms with van der Waals surface area (Å²) in [5.41, 5.74) is 1.63. The van der Waals surface area contributed by atoms with Crippen molar-refractivity contribution in [1.29, 1.82) is 0 Å². The topological polar surface area (TPSA) is 110 Å². The van der Waals surface area contributed by atoms with Gasteiger partial charge in [0.25, 0.3) is 15.9 Å². The number of rotatable bonds is 7. The number of piperazine rings is 1. The van der Waals surface area contributed by atoms with Gasteiger partial charge in [0.1, 0.15) is 10.6 Å². The molecular formula is C24H26N4O6S2. The lowest BCUT2D eigenvalue weighted by molar-refractivity contribution is 0.0632. The summed E-state index contributed by atoms with van der Waals surface area (Å²) >= 11 is 1.05. The number of carbonyl (C=O) groups is 1. The van der Waals surface area contributed by atoms with Crippen molar-refractivity contribution in [2.45, 2.75) is 18.4 Å². The lowest BCUT2D eigenvalue weighted by Gasteiger charge is -2.34. The van der Waals surface area contributed by atoms with Crippen LogP contribution in [0.15, 0.2) is 47.4 Å². The summed E-state index contributed by atoms with van der Waals surface area (Å²) in [5, 5.41) is 0.160. The van der Waals surface area contributed by atoms with Gasteiger partial charge in [-0.25, -0.2) is 13.4 Å². The molecular weight excluding hydrogens is 504 g/mol. The number of anilines is 1. The molecule has 12 heteroatoms. The highest BCUT2D eigenvalue weighted by Crippen LogP contribution is 2.33. The van der Waals surface area contributed by atoms with Gasteiger partial charge in [0.15, 0.2) is 16.6 Å². The van der Waals surface area contributed by atoms with E-state index < -0.39 is 10.0 Å². The summed E-state index contributed by atoms with van der Waals surface area (Å²) in [5.74, 6) is 1.95. The number of hydrogen-bond donors (Lipinski definition) is 1. The Kier molecular flexibility index (Phi) is 6.73. The highest BCUT2D eigenvalue weighted by atomic mass is 32.2. The van der Waals surface area contributed by atoms with E-state index in [9.17, 15) is 13.2 Å². The molecule has 190 valence electrons. The SMILES string of the molecule is COc1ccc(S(=O)(=O)Nc2nc(C)c(C(=O)N3CCN(Cc4ccc5c(c4)OCO5)CC3)s2)cc1. The highest BCUT2D eigenvalue weighted by Gasteiger charge is 2.27. The van der Waals surface area contributed by atoms with E-state index in [4.69, 9.17) is 14.2 Å². The van der Waals surface area contributed by atoms with Crippen molar-refractivity contribution >= 4 is 32.4 Å². The molecule has 1 N–H and O–H groups in total. The van der Waals surface area contributed by atoms with E-state index in [1.807, 2.05) is 18.2 Å². The van der Waals surface area contributed by atoms with E-state index in [0.717, 1.165) is 48.0 Å². The molecule has 10 nitrogen and oxygen atoms in total. The molecule has 2 aliphatic heterocycles. The number of carbonyl (C=O) groups excluding carboxylic acids is 1. The van der Waals surface area contributed by atoms with Crippen LogP contribution in [0.5, 0.6) is 17.2 Å². The number of aromatic nitrogens is 1. The molecule has 3 aromatic rings. The van der Waals surface area contributed by atoms with Gasteiger partial charge in [-0.3, -0.25) is 14.4 Å². The standard InChI is InChI=1S/C24H26N4O6S2/c1-16-22(35-24(25-16)26-36(30,31)19-6-4-18(32-2)5-7-19)23(29)28-11-9-27(10-12-28)14-17-3-8-20-21(13-17)34-15-33-20/h3-8,13H,9-12,14-15H2,1-2H3,(H,25,26). The van der Waals surface area contributed by atoms with E-state index in [-0.39, 0.29) is 22.7 Å². The molecule has 2 aliphatic rings. The Balaban J connectivity index is 1.19. The van der Waals surface area contributed by atoms with Gasteiger partial charge in [0.05, 0.1) is 17.7 Å². The molecule has 0 saturated carbocycles. The quantitative estimate of drug-likeness (QED) is 0.497. The maximum Gasteiger partial charge on any atom is 0.266 e. The minimum absolute atomic E-state index is 0.0858. The maximum absolute atomic E-state index is 13.2. The van der Waals surface area contributed by atoms with Crippen LogP contribution in [0.1, 0.15) is 20.9 Å². The van der Waals surface area contributed by atoms with Crippen LogP contribution in [0, 0.1) is 6.92 Å². The van der Waals surface area contributed by atoms with Crippen molar-refractivity contribution in [3.63, 3.8) is 0 Å². The van der Waals surface area contributed by atoms with Gasteiger partial charge in [0.2, 0.25) is 6.79 Å². The number of thiazole rings is 1. The average Bonchev–Trinajstić information content (AvgIpc) is 3.49. The van der Waals surface area contributed by atoms with Gasteiger partial charge >= 0.3 is 0 Å². The number of nitrogens with one attached hydrogen (secondary N) is 1. The minimum Gasteiger partial charge on any atom is -0.497 e. The van der Waals surface area contributed by atoms with Crippen LogP contribution >= 0.6 is 11.3 Å². The monoisotopic (exact) mass is 530 g/mol. The lowest BCUT2D eigenvalue weighted by Crippen LogP contribution is -2.48. The molecule has 2 aromatic carbocycles. The van der Waals surface area contributed by atoms with Gasteiger partial charge < -0.3 is 19.1 Å². The fourth-order valence-electron chi connectivity index (χ4n) is 4.12. The van der Waals surface area contributed by atoms with Crippen molar-refractivity contribution in [3.8, 4) is 17.2 Å². The van der Waals surface area contributed by atoms with Gasteiger partial charge in [-0.2, -0.15) is 0 Å². The van der Waals surface area contributed by atoms with Gasteiger partial charge in [0, 0.05) is 32.7 Å². The van der Waals surface area contributed by atoms with Crippen LogP contribution in [-0.4, -0.2) is 69.2 Å². The summed E-state index contributed by atoms with van der Waals surface area (Å²) in [6.45, 7) is 5.34. The second-order valence-electron chi connectivity index (χ2n) is 8.47. The first-order valence-electron chi connectivity index (χ1n) is 11.4. The number of fused-ring (bicyclic) bond motifs is 1. The molecule has 1 aromatic heterocycles. The van der Waals surface area contributed by atoms with Crippen molar-refractivity contribution in [2.75, 3.05) is 44.8 Å². The Morgan fingerprint density at radius 2 is 1.81 bits per heavy atom. The molecule has 0 spiro atoms. The van der Waals surface area contributed by atoms with Crippen LogP contribution in [0.4, 0.5) is 5.13 Å². The van der Waals surface area contributed by atoms with E-state index in [2.05, 4.69) is 14.6 Å². The van der Waals surface area contributed by atoms with Crippen molar-refractivity contribution in [3.05, 3.63) is 58.6 Å². The summed E-state index contributed by atoms with van der Waals surface area (Å²) in [6.07, 6.45) is 0. The molecule has 0 aliphatic carbocycles. The van der Waals surface area contributed by atoms with Crippen molar-refractivity contribution < 1.29 is 27.4 Å². The third kappa shape index (κ3) is 5.11. The molecule has 0 radical (unpaired) electrons. The van der Waals surface area contributed by atoms with E-state index in [0.29, 0.717) is 29.4 Å². The van der Waals surface area contributed by atoms with E-state index >= 15 is 0 Å². The normalized spacial score (nSPS) is 15.7. The molecule has 1 amide bonds. The number of nitrogens with zero attached hydrogens (tertiary/aromatic N) is 3. The van der Waals surface area contributed by atoms with Crippen LogP contribution in [-0.2, 0) is 16.6 Å². The van der Waals surface area contributed by atoms with Crippen molar-refractivity contribution in [1.82, 2.24) is 14.8 Å². The zero-order valence-electron chi connectivity index (χ0n) is 19.9. The number of sulfonamides is 1. The lowest BCUT2D eigenvalue weighted by atomic mass is 10.1. The summed E-state index contributed by atoms with van der Waals surface area (Å²) in [4.78, 5) is 22.1. The molecule has 5 rings (SSSR count). The largest absolute Gasteiger partial charge is 0.497 e. The fourth-order valence-corrected chi connectivity index (χ4v) is 6.29. The van der Waals surface area contributed by atoms with Crippen LogP contribution in [0.2, 0.25) is 0 Å². The van der Waals surface area contributed by atoms with Gasteiger partial charge in [-0.1, -0.05) is 17.4 Å². The molecule has 36 heavy (non-hydrogen) atoms. The first-order chi connectivity index (χ1) is 17.3. The molecule has 0 atom stereocenters. The molecule has 1 saturated heterocycles. The fraction of sp³-hybridized carbons (Fsp3) is 0.333. The van der Waals surface area contributed by atoms with Crippen LogP contribution in [0.3, 0.4) is 0 Å². The number of hydrogen-bond acceptors (Lipinski definition) is 9. The zero-order chi connectivity index (χ0) is 25.3. The second-order valence-corrected chi connectivity index (χ2v) is 11.2. The third-order valence-corrected chi connectivity index (χ3v) is 8.63. The molecule has 1 fully saturated rings. The number of benzene rings is 2. The zero-order valence-corrected chi connectivity index (χ0v) is 21.5. The predicted octanol–water partition coefficient (Wildman–Crippen LogP) is 2.95. The Morgan fingerprint density at radius 1 is 1.08 bits per heavy atom. The highest BCUT2D eigenvalue weighted by molar-refractivity contribution is 7.93. The molecule has 3 heterocycles.